The lowest BCUT2D eigenvalue weighted by Crippen LogP contribution is -1.82. The molecule has 0 spiro atoms. The van der Waals surface area contributed by atoms with Crippen LogP contribution in [0.1, 0.15) is 20.3 Å². The molecule has 0 aromatic heterocycles. The van der Waals surface area contributed by atoms with E-state index < -0.39 is 0 Å². The van der Waals surface area contributed by atoms with Crippen LogP contribution in [-0.4, -0.2) is 11.4 Å². The summed E-state index contributed by atoms with van der Waals surface area (Å²) < 4.78 is 0. The summed E-state index contributed by atoms with van der Waals surface area (Å²) in [6.07, 6.45) is 2.24. The lowest BCUT2D eigenvalue weighted by molar-refractivity contribution is 0.320. The normalized spacial score (nSPS) is 11.3. The fraction of sp³-hybridized carbons (Fsp3) is 0.600. The van der Waals surface area contributed by atoms with E-state index in [0.29, 0.717) is 0 Å². The Labute approximate surface area is 43.8 Å². The molecule has 2 nitrogen and oxygen atoms in total. The molecule has 0 heterocycles. The Balaban J connectivity index is 2.97. The minimum atomic E-state index is 0.774. The maximum absolute atomic E-state index is 7.87. The average Bonchev–Trinajstić information content (AvgIpc) is 1.61. The van der Waals surface area contributed by atoms with Gasteiger partial charge in [0.05, 0.1) is 0 Å². The molecule has 0 amide bonds. The summed E-state index contributed by atoms with van der Waals surface area (Å²) in [6.45, 7) is 3.98. The molecule has 41 valence electrons. The Kier molecular flexibility index (Phi) is 3.38. The number of rotatable bonds is 2. The van der Waals surface area contributed by atoms with Gasteiger partial charge in [0, 0.05) is 6.21 Å². The van der Waals surface area contributed by atoms with E-state index in [1.807, 2.05) is 13.8 Å². The maximum Gasteiger partial charge on any atom is 0.0441 e. The molecule has 0 bridgehead atoms. The van der Waals surface area contributed by atoms with Crippen LogP contribution in [0.25, 0.3) is 0 Å². The third kappa shape index (κ3) is 5.47. The standard InChI is InChI=1S/C5H10NO/c1-5(2)3-4-6-7/h4,7H,3H2,1-2H3. The van der Waals surface area contributed by atoms with Crippen LogP contribution in [-0.2, 0) is 0 Å². The zero-order valence-electron chi connectivity index (χ0n) is 4.68. The van der Waals surface area contributed by atoms with Crippen LogP contribution in [0.15, 0.2) is 5.16 Å². The van der Waals surface area contributed by atoms with E-state index in [0.717, 1.165) is 6.42 Å². The summed E-state index contributed by atoms with van der Waals surface area (Å²) in [4.78, 5) is 0. The molecule has 0 unspecified atom stereocenters. The molecule has 0 rings (SSSR count). The molecule has 0 aliphatic heterocycles. The lowest BCUT2D eigenvalue weighted by Gasteiger charge is -1.91. The molecule has 0 fully saturated rings. The molecule has 0 saturated carbocycles. The Bertz CT molecular complexity index is 59.1. The number of hydrogen-bond donors (Lipinski definition) is 1. The molecule has 0 saturated heterocycles. The first-order valence-electron chi connectivity index (χ1n) is 2.22. The van der Waals surface area contributed by atoms with Gasteiger partial charge in [-0.05, 0) is 12.3 Å². The van der Waals surface area contributed by atoms with Crippen molar-refractivity contribution in [2.24, 2.45) is 5.16 Å². The Hall–Kier alpha value is -0.530. The van der Waals surface area contributed by atoms with E-state index in [2.05, 4.69) is 5.16 Å². The maximum atomic E-state index is 7.87. The summed E-state index contributed by atoms with van der Waals surface area (Å²) in [5, 5.41) is 10.7. The van der Waals surface area contributed by atoms with E-state index in [9.17, 15) is 0 Å². The van der Waals surface area contributed by atoms with Crippen LogP contribution >= 0.6 is 0 Å². The zero-order chi connectivity index (χ0) is 5.70. The smallest absolute Gasteiger partial charge is 0.0441 e. The van der Waals surface area contributed by atoms with Crippen molar-refractivity contribution in [3.63, 3.8) is 0 Å². The predicted octanol–water partition coefficient (Wildman–Crippen LogP) is 1.45. The summed E-state index contributed by atoms with van der Waals surface area (Å²) in [5.41, 5.74) is 0. The van der Waals surface area contributed by atoms with Gasteiger partial charge in [-0.25, -0.2) is 0 Å². The van der Waals surface area contributed by atoms with E-state index in [4.69, 9.17) is 5.21 Å². The highest BCUT2D eigenvalue weighted by Gasteiger charge is 1.86. The van der Waals surface area contributed by atoms with Gasteiger partial charge >= 0.3 is 0 Å². The van der Waals surface area contributed by atoms with Crippen molar-refractivity contribution in [3.8, 4) is 0 Å². The Morgan fingerprint density at radius 1 is 1.71 bits per heavy atom. The van der Waals surface area contributed by atoms with Crippen LogP contribution in [0, 0.1) is 5.92 Å². The second-order valence-corrected chi connectivity index (χ2v) is 1.71. The predicted molar refractivity (Wildman–Crippen MR) is 29.5 cm³/mol. The van der Waals surface area contributed by atoms with Crippen molar-refractivity contribution < 1.29 is 5.21 Å². The van der Waals surface area contributed by atoms with Gasteiger partial charge in [-0.15, -0.1) is 5.16 Å². The van der Waals surface area contributed by atoms with E-state index in [1.165, 1.54) is 12.1 Å². The molecule has 7 heavy (non-hydrogen) atoms. The van der Waals surface area contributed by atoms with Crippen molar-refractivity contribution in [1.29, 1.82) is 0 Å². The highest BCUT2D eigenvalue weighted by molar-refractivity contribution is 5.58. The fourth-order valence-electron chi connectivity index (χ4n) is 0.223. The van der Waals surface area contributed by atoms with E-state index in [1.54, 1.807) is 0 Å². The molecule has 1 N–H and O–H groups in total. The molecular formula is C5H10NO. The average molecular weight is 100 g/mol. The summed E-state index contributed by atoms with van der Waals surface area (Å²) in [6, 6.07) is 0. The van der Waals surface area contributed by atoms with Crippen LogP contribution in [0.5, 0.6) is 0 Å². The molecule has 1 radical (unpaired) electrons. The molecule has 0 aliphatic rings. The summed E-state index contributed by atoms with van der Waals surface area (Å²) in [7, 11) is 0. The third-order valence-corrected chi connectivity index (χ3v) is 0.581. The van der Waals surface area contributed by atoms with Crippen molar-refractivity contribution in [3.05, 3.63) is 5.92 Å². The molecule has 0 atom stereocenters. The molecular weight excluding hydrogens is 90.1 g/mol. The number of oxime groups is 1. The first kappa shape index (κ1) is 6.47. The number of hydrogen-bond acceptors (Lipinski definition) is 2. The van der Waals surface area contributed by atoms with E-state index >= 15 is 0 Å². The van der Waals surface area contributed by atoms with Gasteiger partial charge in [-0.1, -0.05) is 13.8 Å². The molecule has 0 aromatic carbocycles. The number of nitrogens with zero attached hydrogens (tertiary/aromatic N) is 1. The van der Waals surface area contributed by atoms with Crippen molar-refractivity contribution in [1.82, 2.24) is 0 Å². The van der Waals surface area contributed by atoms with Crippen molar-refractivity contribution >= 4 is 6.21 Å². The second-order valence-electron chi connectivity index (χ2n) is 1.71. The van der Waals surface area contributed by atoms with Crippen molar-refractivity contribution in [2.75, 3.05) is 0 Å². The minimum Gasteiger partial charge on any atom is -0.411 e. The minimum absolute atomic E-state index is 0.774. The van der Waals surface area contributed by atoms with Gasteiger partial charge in [0.2, 0.25) is 0 Å². The van der Waals surface area contributed by atoms with Crippen LogP contribution < -0.4 is 0 Å². The highest BCUT2D eigenvalue weighted by atomic mass is 16.4. The van der Waals surface area contributed by atoms with E-state index in [-0.39, 0.29) is 0 Å². The monoisotopic (exact) mass is 100 g/mol. The Morgan fingerprint density at radius 2 is 2.29 bits per heavy atom. The second kappa shape index (κ2) is 3.65. The zero-order valence-corrected chi connectivity index (χ0v) is 4.68. The summed E-state index contributed by atoms with van der Waals surface area (Å²) in [5.74, 6) is 1.25. The van der Waals surface area contributed by atoms with Gasteiger partial charge in [0.15, 0.2) is 0 Å². The van der Waals surface area contributed by atoms with Gasteiger partial charge in [0.25, 0.3) is 0 Å². The molecule has 2 heteroatoms. The summed E-state index contributed by atoms with van der Waals surface area (Å²) >= 11 is 0. The first-order valence-corrected chi connectivity index (χ1v) is 2.22. The first-order chi connectivity index (χ1) is 3.27. The molecule has 0 aliphatic carbocycles. The highest BCUT2D eigenvalue weighted by Crippen LogP contribution is 1.96. The third-order valence-electron chi connectivity index (χ3n) is 0.581. The topological polar surface area (TPSA) is 32.6 Å². The van der Waals surface area contributed by atoms with Crippen LogP contribution in [0.3, 0.4) is 0 Å². The largest absolute Gasteiger partial charge is 0.411 e. The van der Waals surface area contributed by atoms with Gasteiger partial charge < -0.3 is 5.21 Å². The SMILES string of the molecule is C[C](C)CC=NO. The molecule has 0 aromatic rings. The van der Waals surface area contributed by atoms with Crippen molar-refractivity contribution in [2.45, 2.75) is 20.3 Å². The van der Waals surface area contributed by atoms with Crippen LogP contribution in [0.2, 0.25) is 0 Å². The fourth-order valence-corrected chi connectivity index (χ4v) is 0.223. The van der Waals surface area contributed by atoms with Crippen LogP contribution in [0.4, 0.5) is 0 Å². The lowest BCUT2D eigenvalue weighted by atomic mass is 10.2. The van der Waals surface area contributed by atoms with Gasteiger partial charge in [0.1, 0.15) is 0 Å². The Morgan fingerprint density at radius 3 is 2.43 bits per heavy atom. The quantitative estimate of drug-likeness (QED) is 0.318. The van der Waals surface area contributed by atoms with Gasteiger partial charge in [-0.3, -0.25) is 0 Å². The van der Waals surface area contributed by atoms with Gasteiger partial charge in [-0.2, -0.15) is 0 Å².